The molecule has 2 aromatic carbocycles. The summed E-state index contributed by atoms with van der Waals surface area (Å²) < 4.78 is 0. The molecular weight excluding hydrogens is 402 g/mol. The van der Waals surface area contributed by atoms with Gasteiger partial charge in [-0.1, -0.05) is 48.5 Å². The highest BCUT2D eigenvalue weighted by molar-refractivity contribution is 7.99. The van der Waals surface area contributed by atoms with Gasteiger partial charge in [0.2, 0.25) is 0 Å². The summed E-state index contributed by atoms with van der Waals surface area (Å²) in [6.45, 7) is 1.50. The van der Waals surface area contributed by atoms with Crippen LogP contribution in [0, 0.1) is 0 Å². The summed E-state index contributed by atoms with van der Waals surface area (Å²) in [6, 6.07) is 19.6. The lowest BCUT2D eigenvalue weighted by Crippen LogP contribution is -2.42. The topological polar surface area (TPSA) is 92.5 Å². The zero-order chi connectivity index (χ0) is 20.8. The van der Waals surface area contributed by atoms with Crippen LogP contribution in [0.3, 0.4) is 0 Å². The molecule has 2 heterocycles. The number of carboxylic acid groups (broad SMARTS) is 1. The fourth-order valence-corrected chi connectivity index (χ4v) is 4.07. The Morgan fingerprint density at radius 1 is 1.13 bits per heavy atom. The third-order valence-corrected chi connectivity index (χ3v) is 5.70. The van der Waals surface area contributed by atoms with Gasteiger partial charge >= 0.3 is 6.09 Å². The van der Waals surface area contributed by atoms with E-state index in [4.69, 9.17) is 4.84 Å². The van der Waals surface area contributed by atoms with E-state index in [9.17, 15) is 9.90 Å². The van der Waals surface area contributed by atoms with Crippen molar-refractivity contribution in [1.29, 1.82) is 0 Å². The van der Waals surface area contributed by atoms with Crippen LogP contribution in [0.5, 0.6) is 0 Å². The van der Waals surface area contributed by atoms with E-state index in [1.54, 1.807) is 16.6 Å². The van der Waals surface area contributed by atoms with Crippen LogP contribution in [0.25, 0.3) is 0 Å². The van der Waals surface area contributed by atoms with Gasteiger partial charge in [0.05, 0.1) is 25.7 Å². The van der Waals surface area contributed by atoms with E-state index in [0.717, 1.165) is 17.0 Å². The summed E-state index contributed by atoms with van der Waals surface area (Å²) in [5.41, 5.74) is 5.41. The summed E-state index contributed by atoms with van der Waals surface area (Å²) in [4.78, 5) is 21.3. The van der Waals surface area contributed by atoms with Crippen LogP contribution in [0.1, 0.15) is 23.0 Å². The molecule has 1 atom stereocenters. The van der Waals surface area contributed by atoms with E-state index in [1.807, 2.05) is 48.5 Å². The first kappa shape index (κ1) is 20.4. The van der Waals surface area contributed by atoms with Crippen LogP contribution in [0.2, 0.25) is 0 Å². The molecule has 30 heavy (non-hydrogen) atoms. The van der Waals surface area contributed by atoms with E-state index >= 15 is 0 Å². The SMILES string of the molecule is O=C(O)N1Cc2nn(CCSc3ccccc3)nc2C(NOCc2ccccc2)C1. The van der Waals surface area contributed by atoms with Gasteiger partial charge in [0, 0.05) is 17.2 Å². The number of aromatic nitrogens is 3. The molecular formula is C21H23N5O3S. The molecule has 4 rings (SSSR count). The predicted octanol–water partition coefficient (Wildman–Crippen LogP) is 3.33. The predicted molar refractivity (Wildman–Crippen MR) is 113 cm³/mol. The van der Waals surface area contributed by atoms with Gasteiger partial charge in [0.15, 0.2) is 0 Å². The maximum Gasteiger partial charge on any atom is 0.407 e. The monoisotopic (exact) mass is 425 g/mol. The van der Waals surface area contributed by atoms with Crippen LogP contribution >= 0.6 is 11.8 Å². The quantitative estimate of drug-likeness (QED) is 0.422. The molecule has 1 aliphatic rings. The van der Waals surface area contributed by atoms with Crippen molar-refractivity contribution in [2.24, 2.45) is 0 Å². The van der Waals surface area contributed by atoms with Crippen LogP contribution in [0.4, 0.5) is 4.79 Å². The summed E-state index contributed by atoms with van der Waals surface area (Å²) in [6.07, 6.45) is -0.982. The van der Waals surface area contributed by atoms with E-state index in [0.29, 0.717) is 18.8 Å². The van der Waals surface area contributed by atoms with E-state index in [-0.39, 0.29) is 19.1 Å². The Morgan fingerprint density at radius 2 is 1.87 bits per heavy atom. The average molecular weight is 426 g/mol. The van der Waals surface area contributed by atoms with Crippen molar-refractivity contribution >= 4 is 17.9 Å². The lowest BCUT2D eigenvalue weighted by atomic mass is 10.1. The average Bonchev–Trinajstić information content (AvgIpc) is 3.18. The van der Waals surface area contributed by atoms with Crippen molar-refractivity contribution in [1.82, 2.24) is 25.4 Å². The van der Waals surface area contributed by atoms with Crippen LogP contribution < -0.4 is 5.48 Å². The Morgan fingerprint density at radius 3 is 2.60 bits per heavy atom. The molecule has 156 valence electrons. The van der Waals surface area contributed by atoms with Crippen LogP contribution in [-0.4, -0.2) is 43.4 Å². The van der Waals surface area contributed by atoms with Crippen molar-refractivity contribution in [3.05, 3.63) is 77.6 Å². The summed E-state index contributed by atoms with van der Waals surface area (Å²) in [5, 5.41) is 18.6. The molecule has 0 radical (unpaired) electrons. The maximum atomic E-state index is 11.5. The third-order valence-electron chi connectivity index (χ3n) is 4.71. The molecule has 0 fully saturated rings. The molecule has 0 bridgehead atoms. The lowest BCUT2D eigenvalue weighted by molar-refractivity contribution is -0.00945. The van der Waals surface area contributed by atoms with Crippen molar-refractivity contribution in [2.75, 3.05) is 12.3 Å². The second-order valence-corrected chi connectivity index (χ2v) is 8.07. The first-order valence-electron chi connectivity index (χ1n) is 9.70. The second kappa shape index (κ2) is 9.75. The second-order valence-electron chi connectivity index (χ2n) is 6.90. The number of nitrogens with one attached hydrogen (secondary N) is 1. The number of aryl methyl sites for hydroxylation is 1. The molecule has 3 aromatic rings. The molecule has 8 nitrogen and oxygen atoms in total. The Balaban J connectivity index is 1.39. The molecule has 0 aliphatic carbocycles. The summed E-state index contributed by atoms with van der Waals surface area (Å²) in [7, 11) is 0. The normalized spacial score (nSPS) is 15.7. The van der Waals surface area contributed by atoms with Crippen LogP contribution in [-0.2, 0) is 24.5 Å². The van der Waals surface area contributed by atoms with Gasteiger partial charge in [-0.2, -0.15) is 20.5 Å². The minimum absolute atomic E-state index is 0.230. The highest BCUT2D eigenvalue weighted by Gasteiger charge is 2.32. The number of hydrogen-bond donors (Lipinski definition) is 2. The molecule has 1 aromatic heterocycles. The number of carbonyl (C=O) groups is 1. The largest absolute Gasteiger partial charge is 0.465 e. The summed E-state index contributed by atoms with van der Waals surface area (Å²) in [5.74, 6) is 0.822. The first-order chi connectivity index (χ1) is 14.7. The van der Waals surface area contributed by atoms with Gasteiger partial charge in [0.25, 0.3) is 0 Å². The van der Waals surface area contributed by atoms with Gasteiger partial charge < -0.3 is 10.0 Å². The number of nitrogens with zero attached hydrogens (tertiary/aromatic N) is 4. The number of thioether (sulfide) groups is 1. The first-order valence-corrected chi connectivity index (χ1v) is 10.7. The number of hydrogen-bond acceptors (Lipinski definition) is 6. The summed E-state index contributed by atoms with van der Waals surface area (Å²) >= 11 is 1.73. The molecule has 2 N–H and O–H groups in total. The van der Waals surface area contributed by atoms with Gasteiger partial charge in [-0.05, 0) is 17.7 Å². The number of fused-ring (bicyclic) bond motifs is 1. The van der Waals surface area contributed by atoms with E-state index < -0.39 is 6.09 Å². The number of benzene rings is 2. The highest BCUT2D eigenvalue weighted by atomic mass is 32.2. The Kier molecular flexibility index (Phi) is 6.63. The molecule has 1 unspecified atom stereocenters. The smallest absolute Gasteiger partial charge is 0.407 e. The van der Waals surface area contributed by atoms with Crippen molar-refractivity contribution in [2.45, 2.75) is 30.6 Å². The third kappa shape index (κ3) is 5.18. The molecule has 1 amide bonds. The highest BCUT2D eigenvalue weighted by Crippen LogP contribution is 2.24. The molecule has 1 aliphatic heterocycles. The van der Waals surface area contributed by atoms with E-state index in [1.165, 1.54) is 9.80 Å². The molecule has 9 heteroatoms. The van der Waals surface area contributed by atoms with Gasteiger partial charge in [0.1, 0.15) is 11.4 Å². The molecule has 0 saturated heterocycles. The van der Waals surface area contributed by atoms with Crippen molar-refractivity contribution < 1.29 is 14.7 Å². The zero-order valence-electron chi connectivity index (χ0n) is 16.3. The van der Waals surface area contributed by atoms with Crippen LogP contribution in [0.15, 0.2) is 65.6 Å². The number of amides is 1. The van der Waals surface area contributed by atoms with Gasteiger partial charge in [-0.25, -0.2) is 4.79 Å². The Labute approximate surface area is 178 Å². The maximum absolute atomic E-state index is 11.5. The van der Waals surface area contributed by atoms with Crippen molar-refractivity contribution in [3.63, 3.8) is 0 Å². The number of rotatable bonds is 8. The zero-order valence-corrected chi connectivity index (χ0v) is 17.2. The lowest BCUT2D eigenvalue weighted by Gasteiger charge is -2.29. The Hall–Kier alpha value is -2.88. The van der Waals surface area contributed by atoms with Gasteiger partial charge in [-0.15, -0.1) is 11.8 Å². The molecule has 0 saturated carbocycles. The standard InChI is InChI=1S/C21H23N5O3S/c27-21(28)25-13-18-20(19(14-25)24-29-15-16-7-3-1-4-8-16)23-26(22-18)11-12-30-17-9-5-2-6-10-17/h1-10,19,24H,11-15H2,(H,27,28). The fraction of sp³-hybridized carbons (Fsp3) is 0.286. The Bertz CT molecular complexity index is 967. The van der Waals surface area contributed by atoms with Crippen molar-refractivity contribution in [3.8, 4) is 0 Å². The minimum atomic E-state index is -0.982. The van der Waals surface area contributed by atoms with E-state index in [2.05, 4.69) is 27.8 Å². The fourth-order valence-electron chi connectivity index (χ4n) is 3.23. The number of hydroxylamine groups is 1. The molecule has 0 spiro atoms. The van der Waals surface area contributed by atoms with Gasteiger partial charge in [-0.3, -0.25) is 4.84 Å². The minimum Gasteiger partial charge on any atom is -0.465 e.